The average Bonchev–Trinajstić information content (AvgIpc) is 3.23. The molecular formula is C15H14ClNO2. The predicted molar refractivity (Wildman–Crippen MR) is 73.4 cm³/mol. The van der Waals surface area contributed by atoms with Gasteiger partial charge in [0.05, 0.1) is 11.1 Å². The molecule has 0 aliphatic heterocycles. The molecule has 4 heteroatoms. The lowest BCUT2D eigenvalue weighted by atomic mass is 10.0. The summed E-state index contributed by atoms with van der Waals surface area (Å²) in [5.41, 5.74) is 1.42. The summed E-state index contributed by atoms with van der Waals surface area (Å²) in [6.07, 6.45) is 4.96. The van der Waals surface area contributed by atoms with E-state index in [4.69, 9.17) is 16.3 Å². The number of aliphatic hydroxyl groups excluding tert-OH is 1. The highest BCUT2D eigenvalue weighted by Gasteiger charge is 2.24. The molecule has 0 saturated heterocycles. The van der Waals surface area contributed by atoms with E-state index in [1.807, 2.05) is 24.3 Å². The summed E-state index contributed by atoms with van der Waals surface area (Å²) in [6, 6.07) is 9.23. The summed E-state index contributed by atoms with van der Waals surface area (Å²) in [6.45, 7) is 0. The molecule has 1 fully saturated rings. The fourth-order valence-corrected chi connectivity index (χ4v) is 2.15. The Labute approximate surface area is 116 Å². The summed E-state index contributed by atoms with van der Waals surface area (Å²) in [4.78, 5) is 3.92. The lowest BCUT2D eigenvalue weighted by Gasteiger charge is -2.14. The van der Waals surface area contributed by atoms with Crippen molar-refractivity contribution in [1.82, 2.24) is 4.98 Å². The predicted octanol–water partition coefficient (Wildman–Crippen LogP) is 3.36. The first-order valence-electron chi connectivity index (χ1n) is 6.28. The Morgan fingerprint density at radius 1 is 1.32 bits per heavy atom. The summed E-state index contributed by atoms with van der Waals surface area (Å²) in [7, 11) is 0. The van der Waals surface area contributed by atoms with Crippen molar-refractivity contribution in [2.75, 3.05) is 0 Å². The van der Waals surface area contributed by atoms with Gasteiger partial charge in [-0.15, -0.1) is 0 Å². The van der Waals surface area contributed by atoms with E-state index in [9.17, 15) is 5.11 Å². The minimum Gasteiger partial charge on any atom is -0.490 e. The van der Waals surface area contributed by atoms with Crippen LogP contribution in [0.5, 0.6) is 5.75 Å². The Hall–Kier alpha value is -1.58. The maximum Gasteiger partial charge on any atom is 0.120 e. The smallest absolute Gasteiger partial charge is 0.120 e. The van der Waals surface area contributed by atoms with Crippen molar-refractivity contribution in [3.63, 3.8) is 0 Å². The molecule has 1 aliphatic carbocycles. The number of nitrogens with zero attached hydrogens (tertiary/aromatic N) is 1. The van der Waals surface area contributed by atoms with Crippen LogP contribution < -0.4 is 4.74 Å². The van der Waals surface area contributed by atoms with Crippen LogP contribution in [0.3, 0.4) is 0 Å². The van der Waals surface area contributed by atoms with Gasteiger partial charge in [-0.25, -0.2) is 0 Å². The highest BCUT2D eigenvalue weighted by Crippen LogP contribution is 2.31. The van der Waals surface area contributed by atoms with E-state index in [-0.39, 0.29) is 0 Å². The van der Waals surface area contributed by atoms with Crippen molar-refractivity contribution in [2.45, 2.75) is 25.0 Å². The van der Waals surface area contributed by atoms with Gasteiger partial charge < -0.3 is 9.84 Å². The number of ether oxygens (including phenoxy) is 1. The van der Waals surface area contributed by atoms with Gasteiger partial charge in [-0.3, -0.25) is 4.98 Å². The Kier molecular flexibility index (Phi) is 3.40. The van der Waals surface area contributed by atoms with Crippen LogP contribution in [0.1, 0.15) is 30.1 Å². The van der Waals surface area contributed by atoms with Crippen molar-refractivity contribution in [2.24, 2.45) is 0 Å². The van der Waals surface area contributed by atoms with Gasteiger partial charge >= 0.3 is 0 Å². The molecule has 1 N–H and O–H groups in total. The van der Waals surface area contributed by atoms with Gasteiger partial charge in [0.1, 0.15) is 11.9 Å². The summed E-state index contributed by atoms with van der Waals surface area (Å²) >= 11 is 6.05. The summed E-state index contributed by atoms with van der Waals surface area (Å²) < 4.78 is 5.73. The van der Waals surface area contributed by atoms with Crippen molar-refractivity contribution >= 4 is 11.6 Å². The van der Waals surface area contributed by atoms with Crippen molar-refractivity contribution in [3.05, 3.63) is 58.9 Å². The average molecular weight is 276 g/mol. The lowest BCUT2D eigenvalue weighted by Crippen LogP contribution is -2.02. The normalized spacial score (nSPS) is 16.1. The van der Waals surface area contributed by atoms with Gasteiger partial charge in [0.2, 0.25) is 0 Å². The number of aromatic nitrogens is 1. The minimum atomic E-state index is -0.766. The molecule has 0 bridgehead atoms. The molecule has 0 spiro atoms. The number of halogens is 1. The zero-order chi connectivity index (χ0) is 13.2. The molecule has 98 valence electrons. The number of aliphatic hydroxyl groups is 1. The van der Waals surface area contributed by atoms with Gasteiger partial charge in [-0.05, 0) is 36.6 Å². The lowest BCUT2D eigenvalue weighted by molar-refractivity contribution is 0.219. The maximum atomic E-state index is 10.4. The van der Waals surface area contributed by atoms with Gasteiger partial charge in [-0.2, -0.15) is 0 Å². The molecular weight excluding hydrogens is 262 g/mol. The quantitative estimate of drug-likeness (QED) is 0.930. The monoisotopic (exact) mass is 275 g/mol. The van der Waals surface area contributed by atoms with Crippen LogP contribution in [0.4, 0.5) is 0 Å². The van der Waals surface area contributed by atoms with Crippen LogP contribution in [0.2, 0.25) is 5.02 Å². The number of rotatable bonds is 4. The first-order valence-corrected chi connectivity index (χ1v) is 6.66. The molecule has 0 radical (unpaired) electrons. The zero-order valence-electron chi connectivity index (χ0n) is 10.3. The van der Waals surface area contributed by atoms with E-state index in [1.165, 1.54) is 6.20 Å². The van der Waals surface area contributed by atoms with Crippen molar-refractivity contribution < 1.29 is 9.84 Å². The van der Waals surface area contributed by atoms with Gasteiger partial charge in [0.15, 0.2) is 0 Å². The topological polar surface area (TPSA) is 42.4 Å². The molecule has 1 saturated carbocycles. The Morgan fingerprint density at radius 3 is 2.89 bits per heavy atom. The van der Waals surface area contributed by atoms with Gasteiger partial charge in [-0.1, -0.05) is 23.7 Å². The second-order valence-corrected chi connectivity index (χ2v) is 5.10. The molecule has 3 nitrogen and oxygen atoms in total. The molecule has 3 rings (SSSR count). The molecule has 1 aliphatic rings. The molecule has 1 unspecified atom stereocenters. The molecule has 2 aromatic rings. The standard InChI is InChI=1S/C15H14ClNO2/c16-14-9-17-7-6-13(14)15(18)10-2-1-3-12(8-10)19-11-4-5-11/h1-3,6-9,11,15,18H,4-5H2. The van der Waals surface area contributed by atoms with E-state index >= 15 is 0 Å². The van der Waals surface area contributed by atoms with Crippen LogP contribution in [0.25, 0.3) is 0 Å². The number of benzene rings is 1. The third-order valence-electron chi connectivity index (χ3n) is 3.10. The van der Waals surface area contributed by atoms with E-state index < -0.39 is 6.10 Å². The molecule has 19 heavy (non-hydrogen) atoms. The van der Waals surface area contributed by atoms with Gasteiger partial charge in [0, 0.05) is 18.0 Å². The summed E-state index contributed by atoms with van der Waals surface area (Å²) in [5, 5.41) is 10.8. The Bertz CT molecular complexity index is 584. The number of hydrogen-bond donors (Lipinski definition) is 1. The summed E-state index contributed by atoms with van der Waals surface area (Å²) in [5.74, 6) is 0.796. The van der Waals surface area contributed by atoms with Crippen molar-refractivity contribution in [1.29, 1.82) is 0 Å². The van der Waals surface area contributed by atoms with E-state index in [1.54, 1.807) is 12.3 Å². The van der Waals surface area contributed by atoms with Crippen molar-refractivity contribution in [3.8, 4) is 5.75 Å². The van der Waals surface area contributed by atoms with E-state index in [2.05, 4.69) is 4.98 Å². The number of pyridine rings is 1. The van der Waals surface area contributed by atoms with Crippen LogP contribution >= 0.6 is 11.6 Å². The first kappa shape index (κ1) is 12.5. The molecule has 1 atom stereocenters. The van der Waals surface area contributed by atoms with Crippen LogP contribution in [-0.2, 0) is 0 Å². The Balaban J connectivity index is 1.86. The minimum absolute atomic E-state index is 0.344. The molecule has 1 aromatic heterocycles. The largest absolute Gasteiger partial charge is 0.490 e. The third-order valence-corrected chi connectivity index (χ3v) is 3.42. The first-order chi connectivity index (χ1) is 9.24. The van der Waals surface area contributed by atoms with Crippen LogP contribution in [0, 0.1) is 0 Å². The SMILES string of the molecule is OC(c1cccc(OC2CC2)c1)c1ccncc1Cl. The highest BCUT2D eigenvalue weighted by atomic mass is 35.5. The molecule has 0 amide bonds. The van der Waals surface area contributed by atoms with Gasteiger partial charge in [0.25, 0.3) is 0 Å². The second kappa shape index (κ2) is 5.19. The maximum absolute atomic E-state index is 10.4. The van der Waals surface area contributed by atoms with E-state index in [0.29, 0.717) is 16.7 Å². The zero-order valence-corrected chi connectivity index (χ0v) is 11.0. The van der Waals surface area contributed by atoms with Crippen LogP contribution in [0.15, 0.2) is 42.7 Å². The Morgan fingerprint density at radius 2 is 2.16 bits per heavy atom. The highest BCUT2D eigenvalue weighted by molar-refractivity contribution is 6.31. The fraction of sp³-hybridized carbons (Fsp3) is 0.267. The second-order valence-electron chi connectivity index (χ2n) is 4.69. The van der Waals surface area contributed by atoms with E-state index in [0.717, 1.165) is 24.2 Å². The number of hydrogen-bond acceptors (Lipinski definition) is 3. The molecule has 1 heterocycles. The molecule has 1 aromatic carbocycles. The fourth-order valence-electron chi connectivity index (χ4n) is 1.92. The third kappa shape index (κ3) is 2.88. The van der Waals surface area contributed by atoms with Crippen LogP contribution in [-0.4, -0.2) is 16.2 Å².